The Bertz CT molecular complexity index is 708. The molecule has 4 nitrogen and oxygen atoms in total. The summed E-state index contributed by atoms with van der Waals surface area (Å²) in [6, 6.07) is 6.10. The number of benzene rings is 2. The van der Waals surface area contributed by atoms with Gasteiger partial charge < -0.3 is 5.32 Å². The van der Waals surface area contributed by atoms with Crippen LogP contribution in [-0.4, -0.2) is 4.92 Å². The van der Waals surface area contributed by atoms with E-state index in [0.29, 0.717) is 22.1 Å². The Balaban J connectivity index is 2.42. The first-order chi connectivity index (χ1) is 9.92. The van der Waals surface area contributed by atoms with Crippen LogP contribution >= 0.6 is 15.9 Å². The van der Waals surface area contributed by atoms with Gasteiger partial charge in [-0.25, -0.2) is 8.78 Å². The quantitative estimate of drug-likeness (QED) is 0.623. The van der Waals surface area contributed by atoms with E-state index in [9.17, 15) is 18.9 Å². The van der Waals surface area contributed by atoms with E-state index in [1.165, 1.54) is 12.1 Å². The van der Waals surface area contributed by atoms with Crippen molar-refractivity contribution in [1.29, 1.82) is 0 Å². The maximum Gasteiger partial charge on any atom is 0.273 e. The standard InChI is InChI=1S/C14H11BrF2N2O2/c1-2-8-5-13(10(15)7-14(8)19(20)21)18-12-4-3-9(16)6-11(12)17/h3-7,18H,2H2,1H3. The molecule has 21 heavy (non-hydrogen) atoms. The van der Waals surface area contributed by atoms with Gasteiger partial charge in [-0.15, -0.1) is 0 Å². The molecule has 0 saturated carbocycles. The molecule has 0 radical (unpaired) electrons. The fourth-order valence-electron chi connectivity index (χ4n) is 1.89. The van der Waals surface area contributed by atoms with E-state index in [4.69, 9.17) is 0 Å². The summed E-state index contributed by atoms with van der Waals surface area (Å²) in [5.41, 5.74) is 1.08. The van der Waals surface area contributed by atoms with Crippen molar-refractivity contribution in [1.82, 2.24) is 0 Å². The largest absolute Gasteiger partial charge is 0.352 e. The van der Waals surface area contributed by atoms with E-state index in [2.05, 4.69) is 21.2 Å². The number of nitro groups is 1. The van der Waals surface area contributed by atoms with Crippen molar-refractivity contribution < 1.29 is 13.7 Å². The summed E-state index contributed by atoms with van der Waals surface area (Å²) >= 11 is 3.21. The van der Waals surface area contributed by atoms with Gasteiger partial charge in [-0.2, -0.15) is 0 Å². The maximum atomic E-state index is 13.6. The van der Waals surface area contributed by atoms with E-state index in [1.54, 1.807) is 13.0 Å². The monoisotopic (exact) mass is 356 g/mol. The number of aryl methyl sites for hydroxylation is 1. The maximum absolute atomic E-state index is 13.6. The minimum absolute atomic E-state index is 0.00509. The molecule has 0 atom stereocenters. The molecular formula is C14H11BrF2N2O2. The lowest BCUT2D eigenvalue weighted by atomic mass is 10.1. The third kappa shape index (κ3) is 3.36. The van der Waals surface area contributed by atoms with Crippen LogP contribution in [-0.2, 0) is 6.42 Å². The van der Waals surface area contributed by atoms with Gasteiger partial charge in [0.15, 0.2) is 0 Å². The van der Waals surface area contributed by atoms with E-state index in [1.807, 2.05) is 0 Å². The third-order valence-electron chi connectivity index (χ3n) is 2.95. The van der Waals surface area contributed by atoms with E-state index >= 15 is 0 Å². The van der Waals surface area contributed by atoms with E-state index in [0.717, 1.165) is 12.1 Å². The summed E-state index contributed by atoms with van der Waals surface area (Å²) in [5, 5.41) is 13.8. The van der Waals surface area contributed by atoms with Crippen LogP contribution in [0.15, 0.2) is 34.8 Å². The lowest BCUT2D eigenvalue weighted by Crippen LogP contribution is -2.00. The number of nitrogens with one attached hydrogen (secondary N) is 1. The summed E-state index contributed by atoms with van der Waals surface area (Å²) in [6.45, 7) is 1.79. The number of rotatable bonds is 4. The number of nitrogens with zero attached hydrogens (tertiary/aromatic N) is 1. The smallest absolute Gasteiger partial charge is 0.273 e. The SMILES string of the molecule is CCc1cc(Nc2ccc(F)cc2F)c(Br)cc1[N+](=O)[O-]. The van der Waals surface area contributed by atoms with Gasteiger partial charge in [-0.05, 0) is 40.5 Å². The molecule has 0 bridgehead atoms. The van der Waals surface area contributed by atoms with Gasteiger partial charge in [-0.1, -0.05) is 6.92 Å². The molecule has 7 heteroatoms. The minimum atomic E-state index is -0.738. The van der Waals surface area contributed by atoms with Crippen molar-refractivity contribution >= 4 is 33.0 Å². The second-order valence-electron chi connectivity index (χ2n) is 4.32. The summed E-state index contributed by atoms with van der Waals surface area (Å²) in [4.78, 5) is 10.5. The highest BCUT2D eigenvalue weighted by atomic mass is 79.9. The molecule has 0 unspecified atom stereocenters. The zero-order valence-electron chi connectivity index (χ0n) is 11.0. The predicted molar refractivity (Wildman–Crippen MR) is 79.8 cm³/mol. The van der Waals surface area contributed by atoms with Gasteiger partial charge >= 0.3 is 0 Å². The number of hydrogen-bond donors (Lipinski definition) is 1. The topological polar surface area (TPSA) is 55.2 Å². The molecule has 0 saturated heterocycles. The summed E-state index contributed by atoms with van der Waals surface area (Å²) in [6.07, 6.45) is 0.462. The Labute approximate surface area is 128 Å². The second kappa shape index (κ2) is 6.17. The zero-order valence-corrected chi connectivity index (χ0v) is 12.6. The van der Waals surface area contributed by atoms with Gasteiger partial charge in [0, 0.05) is 22.2 Å². The Morgan fingerprint density at radius 2 is 1.95 bits per heavy atom. The average Bonchev–Trinajstić information content (AvgIpc) is 2.43. The number of nitro benzene ring substituents is 1. The third-order valence-corrected chi connectivity index (χ3v) is 3.60. The van der Waals surface area contributed by atoms with E-state index in [-0.39, 0.29) is 11.4 Å². The molecule has 2 aromatic carbocycles. The summed E-state index contributed by atoms with van der Waals surface area (Å²) in [7, 11) is 0. The molecule has 2 rings (SSSR count). The van der Waals surface area contributed by atoms with Gasteiger partial charge in [0.2, 0.25) is 0 Å². The Hall–Kier alpha value is -2.02. The molecular weight excluding hydrogens is 346 g/mol. The highest BCUT2D eigenvalue weighted by Gasteiger charge is 2.16. The average molecular weight is 357 g/mol. The molecule has 0 heterocycles. The van der Waals surface area contributed by atoms with Crippen molar-refractivity contribution in [2.75, 3.05) is 5.32 Å². The fraction of sp³-hybridized carbons (Fsp3) is 0.143. The number of halogens is 3. The van der Waals surface area contributed by atoms with Gasteiger partial charge in [-0.3, -0.25) is 10.1 Å². The zero-order chi connectivity index (χ0) is 15.6. The summed E-state index contributed by atoms with van der Waals surface area (Å²) < 4.78 is 26.9. The van der Waals surface area contributed by atoms with Crippen LogP contribution in [0, 0.1) is 21.7 Å². The molecule has 0 aliphatic rings. The van der Waals surface area contributed by atoms with Crippen LogP contribution in [0.5, 0.6) is 0 Å². The molecule has 0 amide bonds. The first kappa shape index (κ1) is 15.4. The van der Waals surface area contributed by atoms with Crippen LogP contribution in [0.1, 0.15) is 12.5 Å². The van der Waals surface area contributed by atoms with Crippen LogP contribution in [0.25, 0.3) is 0 Å². The van der Waals surface area contributed by atoms with Crippen molar-refractivity contribution in [3.63, 3.8) is 0 Å². The first-order valence-corrected chi connectivity index (χ1v) is 6.90. The Morgan fingerprint density at radius 3 is 2.52 bits per heavy atom. The Morgan fingerprint density at radius 1 is 1.24 bits per heavy atom. The number of anilines is 2. The molecule has 110 valence electrons. The van der Waals surface area contributed by atoms with Gasteiger partial charge in [0.1, 0.15) is 11.6 Å². The molecule has 0 aliphatic carbocycles. The van der Waals surface area contributed by atoms with Crippen LogP contribution in [0.3, 0.4) is 0 Å². The molecule has 0 spiro atoms. The van der Waals surface area contributed by atoms with Crippen molar-refractivity contribution in [2.45, 2.75) is 13.3 Å². The lowest BCUT2D eigenvalue weighted by molar-refractivity contribution is -0.385. The molecule has 1 N–H and O–H groups in total. The first-order valence-electron chi connectivity index (χ1n) is 6.11. The van der Waals surface area contributed by atoms with E-state index < -0.39 is 16.6 Å². The second-order valence-corrected chi connectivity index (χ2v) is 5.17. The van der Waals surface area contributed by atoms with Crippen LogP contribution < -0.4 is 5.32 Å². The van der Waals surface area contributed by atoms with Gasteiger partial charge in [0.25, 0.3) is 5.69 Å². The lowest BCUT2D eigenvalue weighted by Gasteiger charge is -2.11. The summed E-state index contributed by atoms with van der Waals surface area (Å²) in [5.74, 6) is -1.41. The number of hydrogen-bond acceptors (Lipinski definition) is 3. The predicted octanol–water partition coefficient (Wildman–Crippen LogP) is 4.94. The minimum Gasteiger partial charge on any atom is -0.352 e. The van der Waals surface area contributed by atoms with Crippen LogP contribution in [0.2, 0.25) is 0 Å². The normalized spacial score (nSPS) is 10.5. The van der Waals surface area contributed by atoms with Crippen molar-refractivity contribution in [3.05, 3.63) is 62.1 Å². The highest BCUT2D eigenvalue weighted by molar-refractivity contribution is 9.10. The van der Waals surface area contributed by atoms with Gasteiger partial charge in [0.05, 0.1) is 16.3 Å². The van der Waals surface area contributed by atoms with Crippen molar-refractivity contribution in [3.8, 4) is 0 Å². The molecule has 0 aromatic heterocycles. The molecule has 2 aromatic rings. The fourth-order valence-corrected chi connectivity index (χ4v) is 2.32. The Kier molecular flexibility index (Phi) is 4.52. The van der Waals surface area contributed by atoms with Crippen LogP contribution in [0.4, 0.5) is 25.8 Å². The highest BCUT2D eigenvalue weighted by Crippen LogP contribution is 2.33. The molecule has 0 aliphatic heterocycles. The van der Waals surface area contributed by atoms with Crippen molar-refractivity contribution in [2.24, 2.45) is 0 Å². The molecule has 0 fully saturated rings.